The summed E-state index contributed by atoms with van der Waals surface area (Å²) in [5.74, 6) is 1.69. The van der Waals surface area contributed by atoms with E-state index in [-0.39, 0.29) is 11.3 Å². The highest BCUT2D eigenvalue weighted by atomic mass is 16.3. The zero-order valence-corrected chi connectivity index (χ0v) is 19.0. The van der Waals surface area contributed by atoms with Crippen LogP contribution >= 0.6 is 0 Å². The largest absolute Gasteiger partial charge is 0.507 e. The predicted molar refractivity (Wildman–Crippen MR) is 127 cm³/mol. The van der Waals surface area contributed by atoms with Crippen molar-refractivity contribution in [2.24, 2.45) is 0 Å². The van der Waals surface area contributed by atoms with Gasteiger partial charge in [-0.3, -0.25) is 0 Å². The van der Waals surface area contributed by atoms with E-state index in [1.165, 1.54) is 0 Å². The molecule has 0 atom stereocenters. The van der Waals surface area contributed by atoms with Crippen molar-refractivity contribution in [2.45, 2.75) is 52.1 Å². The molecule has 4 aromatic rings. The number of hydrogen-bond acceptors (Lipinski definition) is 7. The Labute approximate surface area is 187 Å². The van der Waals surface area contributed by atoms with Gasteiger partial charge >= 0.3 is 0 Å². The highest BCUT2D eigenvalue weighted by Crippen LogP contribution is 2.33. The van der Waals surface area contributed by atoms with E-state index in [1.54, 1.807) is 19.1 Å². The molecule has 0 saturated carbocycles. The van der Waals surface area contributed by atoms with E-state index in [2.05, 4.69) is 36.0 Å². The normalized spacial score (nSPS) is 15.7. The van der Waals surface area contributed by atoms with Crippen LogP contribution in [0.4, 0.5) is 5.82 Å². The Bertz CT molecular complexity index is 1280. The Morgan fingerprint density at radius 1 is 0.969 bits per heavy atom. The van der Waals surface area contributed by atoms with Gasteiger partial charge in [-0.2, -0.15) is 0 Å². The Hall–Kier alpha value is -3.19. The molecule has 5 rings (SSSR count). The summed E-state index contributed by atoms with van der Waals surface area (Å²) in [6.45, 7) is 10.4. The molecule has 7 heteroatoms. The highest BCUT2D eigenvalue weighted by Gasteiger charge is 2.23. The van der Waals surface area contributed by atoms with Gasteiger partial charge in [-0.25, -0.2) is 15.0 Å². The van der Waals surface area contributed by atoms with Gasteiger partial charge in [0.15, 0.2) is 11.5 Å². The number of anilines is 1. The SMILES string of the molecule is Cc1nc2cc(O)c(-c3ccc4nc(N5CCC(NC(C)(C)C)CC5)ccc4n3)cc2o1. The van der Waals surface area contributed by atoms with Gasteiger partial charge in [0, 0.05) is 43.2 Å². The van der Waals surface area contributed by atoms with E-state index >= 15 is 0 Å². The Balaban J connectivity index is 1.38. The minimum atomic E-state index is 0.133. The lowest BCUT2D eigenvalue weighted by Gasteiger charge is -2.36. The molecule has 1 aromatic carbocycles. The van der Waals surface area contributed by atoms with Crippen LogP contribution in [-0.4, -0.2) is 44.7 Å². The molecule has 2 N–H and O–H groups in total. The monoisotopic (exact) mass is 431 g/mol. The minimum Gasteiger partial charge on any atom is -0.507 e. The lowest BCUT2D eigenvalue weighted by molar-refractivity contribution is 0.316. The number of aromatic hydroxyl groups is 1. The first-order chi connectivity index (χ1) is 15.2. The van der Waals surface area contributed by atoms with Crippen LogP contribution in [0.15, 0.2) is 40.8 Å². The summed E-state index contributed by atoms with van der Waals surface area (Å²) in [7, 11) is 0. The fourth-order valence-electron chi connectivity index (χ4n) is 4.47. The zero-order chi connectivity index (χ0) is 22.5. The van der Waals surface area contributed by atoms with Crippen molar-refractivity contribution in [3.63, 3.8) is 0 Å². The van der Waals surface area contributed by atoms with Gasteiger partial charge in [-0.1, -0.05) is 0 Å². The summed E-state index contributed by atoms with van der Waals surface area (Å²) >= 11 is 0. The van der Waals surface area contributed by atoms with Crippen LogP contribution in [0.1, 0.15) is 39.5 Å². The van der Waals surface area contributed by atoms with Crippen molar-refractivity contribution in [3.05, 3.63) is 42.3 Å². The number of nitrogens with zero attached hydrogens (tertiary/aromatic N) is 4. The lowest BCUT2D eigenvalue weighted by atomic mass is 10.00. The number of aromatic nitrogens is 3. The number of phenols is 1. The molecule has 32 heavy (non-hydrogen) atoms. The Morgan fingerprint density at radius 3 is 2.44 bits per heavy atom. The van der Waals surface area contributed by atoms with E-state index in [4.69, 9.17) is 14.4 Å². The molecular formula is C25H29N5O2. The first kappa shape index (κ1) is 20.7. The summed E-state index contributed by atoms with van der Waals surface area (Å²) in [5.41, 5.74) is 4.35. The fraction of sp³-hybridized carbons (Fsp3) is 0.400. The van der Waals surface area contributed by atoms with E-state index in [1.807, 2.05) is 24.3 Å². The third-order valence-electron chi connectivity index (χ3n) is 5.87. The zero-order valence-electron chi connectivity index (χ0n) is 19.0. The lowest BCUT2D eigenvalue weighted by Crippen LogP contribution is -2.49. The van der Waals surface area contributed by atoms with Crippen LogP contribution in [0, 0.1) is 6.92 Å². The number of oxazole rings is 1. The number of phenolic OH excluding ortho intramolecular Hbond substituents is 1. The van der Waals surface area contributed by atoms with E-state index in [0.29, 0.717) is 34.3 Å². The van der Waals surface area contributed by atoms with Gasteiger partial charge in [-0.15, -0.1) is 0 Å². The summed E-state index contributed by atoms with van der Waals surface area (Å²) < 4.78 is 5.62. The van der Waals surface area contributed by atoms with Gasteiger partial charge < -0.3 is 19.7 Å². The standard InChI is InChI=1S/C25H29N5O2/c1-15-26-21-14-22(31)17(13-23(21)32-15)18-5-6-20-19(27-18)7-8-24(28-20)30-11-9-16(10-12-30)29-25(2,3)4/h5-8,13-14,16,29,31H,9-12H2,1-4H3. The predicted octanol–water partition coefficient (Wildman–Crippen LogP) is 4.81. The summed E-state index contributed by atoms with van der Waals surface area (Å²) in [6, 6.07) is 11.9. The van der Waals surface area contributed by atoms with Crippen molar-refractivity contribution in [1.82, 2.24) is 20.3 Å². The second kappa shape index (κ2) is 7.74. The number of pyridine rings is 2. The van der Waals surface area contributed by atoms with Crippen LogP contribution in [0.5, 0.6) is 5.75 Å². The van der Waals surface area contributed by atoms with Gasteiger partial charge in [0.2, 0.25) is 0 Å². The second-order valence-electron chi connectivity index (χ2n) is 9.63. The molecule has 4 heterocycles. The van der Waals surface area contributed by atoms with Crippen LogP contribution in [0.25, 0.3) is 33.4 Å². The van der Waals surface area contributed by atoms with E-state index < -0.39 is 0 Å². The van der Waals surface area contributed by atoms with E-state index in [0.717, 1.165) is 42.8 Å². The summed E-state index contributed by atoms with van der Waals surface area (Å²) in [5, 5.41) is 14.2. The molecule has 0 unspecified atom stereocenters. The van der Waals surface area contributed by atoms with Crippen molar-refractivity contribution in [3.8, 4) is 17.0 Å². The van der Waals surface area contributed by atoms with Gasteiger partial charge in [0.05, 0.1) is 16.7 Å². The second-order valence-corrected chi connectivity index (χ2v) is 9.63. The fourth-order valence-corrected chi connectivity index (χ4v) is 4.47. The summed E-state index contributed by atoms with van der Waals surface area (Å²) in [6.07, 6.45) is 2.22. The molecule has 0 aliphatic carbocycles. The number of aryl methyl sites for hydroxylation is 1. The number of fused-ring (bicyclic) bond motifs is 2. The maximum Gasteiger partial charge on any atom is 0.192 e. The van der Waals surface area contributed by atoms with Crippen molar-refractivity contribution in [1.29, 1.82) is 0 Å². The average Bonchev–Trinajstić information content (AvgIpc) is 3.10. The van der Waals surface area contributed by atoms with Gasteiger partial charge in [-0.05, 0) is 63.9 Å². The van der Waals surface area contributed by atoms with Gasteiger partial charge in [0.25, 0.3) is 0 Å². The van der Waals surface area contributed by atoms with Crippen molar-refractivity contribution < 1.29 is 9.52 Å². The number of rotatable bonds is 3. The smallest absolute Gasteiger partial charge is 0.192 e. The van der Waals surface area contributed by atoms with Gasteiger partial charge in [0.1, 0.15) is 17.1 Å². The first-order valence-corrected chi connectivity index (χ1v) is 11.2. The highest BCUT2D eigenvalue weighted by molar-refractivity contribution is 5.86. The molecule has 7 nitrogen and oxygen atoms in total. The molecule has 1 aliphatic rings. The maximum atomic E-state index is 10.5. The molecule has 0 amide bonds. The first-order valence-electron chi connectivity index (χ1n) is 11.2. The van der Waals surface area contributed by atoms with Crippen LogP contribution in [0.2, 0.25) is 0 Å². The summed E-state index contributed by atoms with van der Waals surface area (Å²) in [4.78, 5) is 16.2. The molecule has 0 spiro atoms. The molecule has 1 saturated heterocycles. The molecule has 3 aromatic heterocycles. The van der Waals surface area contributed by atoms with Crippen LogP contribution < -0.4 is 10.2 Å². The van der Waals surface area contributed by atoms with Crippen LogP contribution in [0.3, 0.4) is 0 Å². The third-order valence-corrected chi connectivity index (χ3v) is 5.87. The number of nitrogens with one attached hydrogen (secondary N) is 1. The minimum absolute atomic E-state index is 0.133. The number of benzene rings is 1. The molecule has 1 fully saturated rings. The van der Waals surface area contributed by atoms with E-state index in [9.17, 15) is 5.11 Å². The molecular weight excluding hydrogens is 402 g/mol. The average molecular weight is 432 g/mol. The maximum absolute atomic E-state index is 10.5. The molecule has 0 bridgehead atoms. The van der Waals surface area contributed by atoms with Crippen molar-refractivity contribution >= 4 is 28.0 Å². The molecule has 166 valence electrons. The Kier molecular flexibility index (Phi) is 5.01. The molecule has 0 radical (unpaired) electrons. The van der Waals surface area contributed by atoms with Crippen LogP contribution in [-0.2, 0) is 0 Å². The number of piperidine rings is 1. The Morgan fingerprint density at radius 2 is 1.69 bits per heavy atom. The van der Waals surface area contributed by atoms with Crippen molar-refractivity contribution in [2.75, 3.05) is 18.0 Å². The topological polar surface area (TPSA) is 87.3 Å². The quantitative estimate of drug-likeness (QED) is 0.481. The molecule has 1 aliphatic heterocycles. The number of hydrogen-bond donors (Lipinski definition) is 2. The third kappa shape index (κ3) is 4.12.